The minimum absolute atomic E-state index is 0.127. The smallest absolute Gasteiger partial charge is 0.319 e. The molecular formula is C29H30N4O4. The van der Waals surface area contributed by atoms with Gasteiger partial charge in [-0.2, -0.15) is 0 Å². The highest BCUT2D eigenvalue weighted by Gasteiger charge is 2.23. The van der Waals surface area contributed by atoms with Crippen molar-refractivity contribution >= 4 is 22.6 Å². The number of aromatic nitrogens is 1. The van der Waals surface area contributed by atoms with Crippen molar-refractivity contribution in [1.29, 1.82) is 0 Å². The third-order valence-electron chi connectivity index (χ3n) is 6.40. The van der Waals surface area contributed by atoms with E-state index in [0.717, 1.165) is 37.0 Å². The first-order valence-electron chi connectivity index (χ1n) is 12.2. The molecule has 1 aromatic heterocycles. The molecule has 8 heteroatoms. The first-order valence-corrected chi connectivity index (χ1v) is 12.2. The van der Waals surface area contributed by atoms with Gasteiger partial charge in [0.1, 0.15) is 11.5 Å². The summed E-state index contributed by atoms with van der Waals surface area (Å²) in [6.45, 7) is 2.70. The van der Waals surface area contributed by atoms with Crippen LogP contribution in [0.2, 0.25) is 0 Å². The third kappa shape index (κ3) is 5.92. The Morgan fingerprint density at radius 1 is 0.973 bits per heavy atom. The Morgan fingerprint density at radius 3 is 2.49 bits per heavy atom. The summed E-state index contributed by atoms with van der Waals surface area (Å²) in [7, 11) is 3.18. The molecule has 2 N–H and O–H groups in total. The number of carbonyl (C=O) groups is 1. The molecule has 0 radical (unpaired) electrons. The van der Waals surface area contributed by atoms with Gasteiger partial charge >= 0.3 is 6.03 Å². The van der Waals surface area contributed by atoms with Gasteiger partial charge in [0.2, 0.25) is 0 Å². The van der Waals surface area contributed by atoms with Crippen LogP contribution in [0.1, 0.15) is 12.0 Å². The summed E-state index contributed by atoms with van der Waals surface area (Å²) < 4.78 is 16.9. The first-order chi connectivity index (χ1) is 18.1. The van der Waals surface area contributed by atoms with Crippen LogP contribution in [0.15, 0.2) is 79.0 Å². The number of anilines is 1. The van der Waals surface area contributed by atoms with Crippen LogP contribution < -0.4 is 24.8 Å². The van der Waals surface area contributed by atoms with E-state index in [1.165, 1.54) is 5.56 Å². The maximum absolute atomic E-state index is 12.6. The summed E-state index contributed by atoms with van der Waals surface area (Å²) in [5.41, 5.74) is 2.71. The summed E-state index contributed by atoms with van der Waals surface area (Å²) in [5, 5.41) is 6.81. The van der Waals surface area contributed by atoms with Gasteiger partial charge in [0.05, 0.1) is 19.7 Å². The van der Waals surface area contributed by atoms with Crippen molar-refractivity contribution in [3.63, 3.8) is 0 Å². The van der Waals surface area contributed by atoms with Crippen LogP contribution in [0.3, 0.4) is 0 Å². The second kappa shape index (κ2) is 11.2. The van der Waals surface area contributed by atoms with Gasteiger partial charge in [0.15, 0.2) is 11.5 Å². The number of hydrogen-bond donors (Lipinski definition) is 2. The number of methoxy groups -OCH3 is 2. The highest BCUT2D eigenvalue weighted by Crippen LogP contribution is 2.37. The van der Waals surface area contributed by atoms with E-state index in [4.69, 9.17) is 14.2 Å². The number of carbonyl (C=O) groups excluding carboxylic acids is 1. The SMILES string of the molecule is COc1cc2nccc(Oc3ccc(NC(=O)N[C@@H]4CCN(Cc5ccccc5)C4)cc3)c2cc1OC. The van der Waals surface area contributed by atoms with E-state index in [-0.39, 0.29) is 12.1 Å². The number of benzene rings is 3. The van der Waals surface area contributed by atoms with Gasteiger partial charge in [-0.25, -0.2) is 4.79 Å². The predicted octanol–water partition coefficient (Wildman–Crippen LogP) is 5.44. The monoisotopic (exact) mass is 498 g/mol. The fourth-order valence-corrected chi connectivity index (χ4v) is 4.56. The number of amides is 2. The molecule has 1 aliphatic heterocycles. The van der Waals surface area contributed by atoms with Crippen LogP contribution in [-0.2, 0) is 6.54 Å². The molecule has 190 valence electrons. The molecule has 0 saturated carbocycles. The molecule has 1 saturated heterocycles. The predicted molar refractivity (Wildman–Crippen MR) is 144 cm³/mol. The topological polar surface area (TPSA) is 85.0 Å². The second-order valence-corrected chi connectivity index (χ2v) is 8.96. The van der Waals surface area contributed by atoms with Crippen molar-refractivity contribution in [1.82, 2.24) is 15.2 Å². The van der Waals surface area contributed by atoms with E-state index < -0.39 is 0 Å². The summed E-state index contributed by atoms with van der Waals surface area (Å²) in [6, 6.07) is 23.1. The normalized spacial score (nSPS) is 15.4. The summed E-state index contributed by atoms with van der Waals surface area (Å²) in [5.74, 6) is 2.49. The maximum atomic E-state index is 12.6. The fraction of sp³-hybridized carbons (Fsp3) is 0.241. The quantitative estimate of drug-likeness (QED) is 0.337. The maximum Gasteiger partial charge on any atom is 0.319 e. The molecule has 0 spiro atoms. The molecule has 3 aromatic carbocycles. The van der Waals surface area contributed by atoms with Crippen molar-refractivity contribution in [2.75, 3.05) is 32.6 Å². The number of likely N-dealkylation sites (tertiary alicyclic amines) is 1. The molecule has 37 heavy (non-hydrogen) atoms. The fourth-order valence-electron chi connectivity index (χ4n) is 4.56. The number of urea groups is 1. The summed E-state index contributed by atoms with van der Waals surface area (Å²) >= 11 is 0. The van der Waals surface area contributed by atoms with Gasteiger partial charge < -0.3 is 24.8 Å². The molecule has 0 bridgehead atoms. The van der Waals surface area contributed by atoms with Crippen LogP contribution in [0, 0.1) is 0 Å². The van der Waals surface area contributed by atoms with Crippen LogP contribution in [-0.4, -0.2) is 49.3 Å². The molecule has 2 amide bonds. The van der Waals surface area contributed by atoms with Crippen LogP contribution in [0.25, 0.3) is 10.9 Å². The molecule has 0 aliphatic carbocycles. The van der Waals surface area contributed by atoms with Gasteiger partial charge in [-0.1, -0.05) is 30.3 Å². The average Bonchev–Trinajstić information content (AvgIpc) is 3.36. The second-order valence-electron chi connectivity index (χ2n) is 8.96. The van der Waals surface area contributed by atoms with Gasteiger partial charge in [-0.3, -0.25) is 9.88 Å². The van der Waals surface area contributed by atoms with Crippen molar-refractivity contribution in [3.05, 3.63) is 84.6 Å². The Kier molecular flexibility index (Phi) is 7.37. The highest BCUT2D eigenvalue weighted by molar-refractivity contribution is 5.90. The molecule has 2 heterocycles. The van der Waals surface area contributed by atoms with Crippen LogP contribution in [0.4, 0.5) is 10.5 Å². The Bertz CT molecular complexity index is 1360. The number of nitrogens with one attached hydrogen (secondary N) is 2. The highest BCUT2D eigenvalue weighted by atomic mass is 16.5. The standard InChI is InChI=1S/C29H30N4O4/c1-35-27-16-24-25(17-28(27)36-2)30-14-12-26(24)37-23-10-8-21(9-11-23)31-29(34)32-22-13-15-33(19-22)18-20-6-4-3-5-7-20/h3-12,14,16-17,22H,13,15,18-19H2,1-2H3,(H2,31,32,34)/t22-/m1/s1. The van der Waals surface area contributed by atoms with Crippen molar-refractivity contribution < 1.29 is 19.0 Å². The number of pyridine rings is 1. The molecule has 1 aliphatic rings. The van der Waals surface area contributed by atoms with E-state index in [0.29, 0.717) is 28.7 Å². The third-order valence-corrected chi connectivity index (χ3v) is 6.40. The molecule has 0 unspecified atom stereocenters. The van der Waals surface area contributed by atoms with Crippen LogP contribution in [0.5, 0.6) is 23.0 Å². The zero-order chi connectivity index (χ0) is 25.6. The largest absolute Gasteiger partial charge is 0.493 e. The van der Waals surface area contributed by atoms with Crippen molar-refractivity contribution in [2.45, 2.75) is 19.0 Å². The van der Waals surface area contributed by atoms with Gasteiger partial charge in [-0.15, -0.1) is 0 Å². The zero-order valence-corrected chi connectivity index (χ0v) is 20.9. The lowest BCUT2D eigenvalue weighted by molar-refractivity contribution is 0.247. The van der Waals surface area contributed by atoms with Crippen LogP contribution >= 0.6 is 0 Å². The number of hydrogen-bond acceptors (Lipinski definition) is 6. The molecule has 4 aromatic rings. The lowest BCUT2D eigenvalue weighted by atomic mass is 10.2. The Labute approximate surface area is 216 Å². The minimum atomic E-state index is -0.207. The number of rotatable bonds is 8. The lowest BCUT2D eigenvalue weighted by Gasteiger charge is -2.17. The molecule has 8 nitrogen and oxygen atoms in total. The molecule has 1 atom stereocenters. The van der Waals surface area contributed by atoms with E-state index in [1.54, 1.807) is 26.5 Å². The lowest BCUT2D eigenvalue weighted by Crippen LogP contribution is -2.39. The molecular weight excluding hydrogens is 468 g/mol. The molecule has 1 fully saturated rings. The number of fused-ring (bicyclic) bond motifs is 1. The van der Waals surface area contributed by atoms with Gasteiger partial charge in [-0.05, 0) is 48.4 Å². The summed E-state index contributed by atoms with van der Waals surface area (Å²) in [4.78, 5) is 19.3. The average molecular weight is 499 g/mol. The van der Waals surface area contributed by atoms with E-state index in [2.05, 4.69) is 44.8 Å². The van der Waals surface area contributed by atoms with Crippen molar-refractivity contribution in [2.24, 2.45) is 0 Å². The molecule has 5 rings (SSSR count). The van der Waals surface area contributed by atoms with Gasteiger partial charge in [0, 0.05) is 49.0 Å². The number of ether oxygens (including phenoxy) is 3. The van der Waals surface area contributed by atoms with Gasteiger partial charge in [0.25, 0.3) is 0 Å². The van der Waals surface area contributed by atoms with E-state index >= 15 is 0 Å². The van der Waals surface area contributed by atoms with E-state index in [1.807, 2.05) is 42.5 Å². The van der Waals surface area contributed by atoms with Crippen molar-refractivity contribution in [3.8, 4) is 23.0 Å². The first kappa shape index (κ1) is 24.4. The Morgan fingerprint density at radius 2 is 1.73 bits per heavy atom. The van der Waals surface area contributed by atoms with E-state index in [9.17, 15) is 4.79 Å². The number of nitrogens with zero attached hydrogens (tertiary/aromatic N) is 2. The summed E-state index contributed by atoms with van der Waals surface area (Å²) in [6.07, 6.45) is 2.62. The Hall–Kier alpha value is -4.30. The zero-order valence-electron chi connectivity index (χ0n) is 20.9. The minimum Gasteiger partial charge on any atom is -0.493 e. The Balaban J connectivity index is 1.17.